The molecule has 0 atom stereocenters. The summed E-state index contributed by atoms with van der Waals surface area (Å²) in [7, 11) is 0. The maximum atomic E-state index is 13.2. The molecule has 216 valence electrons. The Morgan fingerprint density at radius 1 is 0.692 bits per heavy atom. The van der Waals surface area contributed by atoms with Crippen LogP contribution in [-0.2, 0) is 9.78 Å². The standard InChI is InChI=1S/C26H27F7O6/c1-2-3-4-5-6-7-16-36-20-12-8-18(9-13-20)22(34)38-21-14-10-19(11-15-21)23(35)39-37-17-24(27,28)25(29,30)26(31,32)33/h8-15H,2-7,16-17H2,1H3. The summed E-state index contributed by atoms with van der Waals surface area (Å²) in [6, 6.07) is 10.5. The number of hydrogen-bond donors (Lipinski definition) is 0. The SMILES string of the molecule is CCCCCCCCOc1ccc(C(=O)Oc2ccc(C(=O)OOCC(F)(F)C(F)(F)C(F)(F)F)cc2)cc1. The molecule has 6 nitrogen and oxygen atoms in total. The van der Waals surface area contributed by atoms with Crippen LogP contribution in [-0.4, -0.2) is 43.2 Å². The van der Waals surface area contributed by atoms with E-state index < -0.39 is 36.6 Å². The lowest BCUT2D eigenvalue weighted by Gasteiger charge is -2.27. The first-order chi connectivity index (χ1) is 18.3. The van der Waals surface area contributed by atoms with E-state index in [-0.39, 0.29) is 16.9 Å². The maximum absolute atomic E-state index is 13.2. The molecule has 0 N–H and O–H groups in total. The fourth-order valence-electron chi connectivity index (χ4n) is 3.09. The van der Waals surface area contributed by atoms with E-state index in [0.29, 0.717) is 12.4 Å². The number of carbonyl (C=O) groups is 2. The minimum Gasteiger partial charge on any atom is -0.494 e. The second-order valence-corrected chi connectivity index (χ2v) is 8.46. The first kappa shape index (κ1) is 31.9. The Morgan fingerprint density at radius 2 is 1.21 bits per heavy atom. The Labute approximate surface area is 219 Å². The second kappa shape index (κ2) is 14.2. The van der Waals surface area contributed by atoms with Crippen molar-refractivity contribution in [3.63, 3.8) is 0 Å². The van der Waals surface area contributed by atoms with Crippen LogP contribution in [0.2, 0.25) is 0 Å². The van der Waals surface area contributed by atoms with Crippen LogP contribution in [0.15, 0.2) is 48.5 Å². The summed E-state index contributed by atoms with van der Waals surface area (Å²) in [6.07, 6.45) is 0.210. The molecule has 2 rings (SSSR count). The van der Waals surface area contributed by atoms with Crippen molar-refractivity contribution in [3.05, 3.63) is 59.7 Å². The zero-order valence-electron chi connectivity index (χ0n) is 20.9. The largest absolute Gasteiger partial charge is 0.494 e. The molecule has 0 aliphatic heterocycles. The van der Waals surface area contributed by atoms with E-state index >= 15 is 0 Å². The lowest BCUT2D eigenvalue weighted by molar-refractivity contribution is -0.382. The predicted molar refractivity (Wildman–Crippen MR) is 124 cm³/mol. The van der Waals surface area contributed by atoms with Crippen LogP contribution >= 0.6 is 0 Å². The Bertz CT molecular complexity index is 1050. The van der Waals surface area contributed by atoms with Crippen LogP contribution in [0.1, 0.15) is 66.2 Å². The minimum atomic E-state index is -6.54. The van der Waals surface area contributed by atoms with Gasteiger partial charge >= 0.3 is 30.0 Å². The molecule has 0 fully saturated rings. The molecule has 0 aromatic heterocycles. The number of carbonyl (C=O) groups excluding carboxylic acids is 2. The van der Waals surface area contributed by atoms with E-state index in [1.54, 1.807) is 12.1 Å². The van der Waals surface area contributed by atoms with E-state index in [1.165, 1.54) is 31.4 Å². The zero-order chi connectivity index (χ0) is 29.1. The molecule has 0 aliphatic carbocycles. The third kappa shape index (κ3) is 9.41. The fourth-order valence-corrected chi connectivity index (χ4v) is 3.09. The number of rotatable bonds is 15. The highest BCUT2D eigenvalue weighted by molar-refractivity contribution is 5.92. The van der Waals surface area contributed by atoms with Crippen LogP contribution in [0, 0.1) is 0 Å². The molecule has 0 saturated heterocycles. The molecule has 0 unspecified atom stereocenters. The van der Waals surface area contributed by atoms with Crippen molar-refractivity contribution in [2.75, 3.05) is 13.2 Å². The molecule has 13 heteroatoms. The molecule has 39 heavy (non-hydrogen) atoms. The summed E-state index contributed by atoms with van der Waals surface area (Å²) in [5, 5.41) is 0. The van der Waals surface area contributed by atoms with Crippen molar-refractivity contribution in [2.45, 2.75) is 63.5 Å². The summed E-state index contributed by atoms with van der Waals surface area (Å²) in [6.45, 7) is 0.167. The van der Waals surface area contributed by atoms with E-state index in [2.05, 4.69) is 16.7 Å². The highest BCUT2D eigenvalue weighted by Crippen LogP contribution is 2.46. The zero-order valence-corrected chi connectivity index (χ0v) is 20.9. The first-order valence-corrected chi connectivity index (χ1v) is 12.0. The summed E-state index contributed by atoms with van der Waals surface area (Å²) in [5.41, 5.74) is -0.150. The third-order valence-electron chi connectivity index (χ3n) is 5.35. The van der Waals surface area contributed by atoms with Gasteiger partial charge in [-0.05, 0) is 55.0 Å². The van der Waals surface area contributed by atoms with Gasteiger partial charge in [0.25, 0.3) is 0 Å². The van der Waals surface area contributed by atoms with Crippen LogP contribution in [0.4, 0.5) is 30.7 Å². The number of unbranched alkanes of at least 4 members (excludes halogenated alkanes) is 5. The Kier molecular flexibility index (Phi) is 11.6. The van der Waals surface area contributed by atoms with Crippen molar-refractivity contribution in [2.24, 2.45) is 0 Å². The average molecular weight is 568 g/mol. The number of ether oxygens (including phenoxy) is 2. The van der Waals surface area contributed by atoms with E-state index in [0.717, 1.165) is 43.5 Å². The van der Waals surface area contributed by atoms with Crippen LogP contribution < -0.4 is 9.47 Å². The fraction of sp³-hybridized carbons (Fsp3) is 0.462. The van der Waals surface area contributed by atoms with E-state index in [4.69, 9.17) is 9.47 Å². The Balaban J connectivity index is 1.80. The smallest absolute Gasteiger partial charge is 0.459 e. The van der Waals surface area contributed by atoms with Gasteiger partial charge in [-0.15, -0.1) is 0 Å². The van der Waals surface area contributed by atoms with Gasteiger partial charge in [0.1, 0.15) is 11.5 Å². The normalized spacial score (nSPS) is 12.2. The van der Waals surface area contributed by atoms with Crippen molar-refractivity contribution in [3.8, 4) is 11.5 Å². The average Bonchev–Trinajstić information content (AvgIpc) is 2.88. The molecule has 2 aromatic carbocycles. The Hall–Kier alpha value is -3.35. The molecule has 0 bridgehead atoms. The molecule has 0 spiro atoms. The van der Waals surface area contributed by atoms with E-state index in [9.17, 15) is 40.3 Å². The lowest BCUT2D eigenvalue weighted by Crippen LogP contribution is -2.54. The third-order valence-corrected chi connectivity index (χ3v) is 5.35. The summed E-state index contributed by atoms with van der Waals surface area (Å²) in [5.74, 6) is -13.7. The summed E-state index contributed by atoms with van der Waals surface area (Å²) in [4.78, 5) is 31.7. The monoisotopic (exact) mass is 568 g/mol. The van der Waals surface area contributed by atoms with Crippen LogP contribution in [0.3, 0.4) is 0 Å². The number of esters is 1. The number of benzene rings is 2. The van der Waals surface area contributed by atoms with Gasteiger partial charge in [0, 0.05) is 0 Å². The molecule has 0 radical (unpaired) electrons. The molecule has 0 amide bonds. The second-order valence-electron chi connectivity index (χ2n) is 8.46. The minimum absolute atomic E-state index is 0.0165. The molecular formula is C26H27F7O6. The van der Waals surface area contributed by atoms with Gasteiger partial charge in [-0.25, -0.2) is 9.59 Å². The van der Waals surface area contributed by atoms with Crippen molar-refractivity contribution >= 4 is 11.9 Å². The quantitative estimate of drug-likeness (QED) is 0.0551. The van der Waals surface area contributed by atoms with Crippen LogP contribution in [0.25, 0.3) is 0 Å². The molecule has 0 saturated carbocycles. The van der Waals surface area contributed by atoms with Gasteiger partial charge in [-0.1, -0.05) is 39.0 Å². The molecular weight excluding hydrogens is 541 g/mol. The van der Waals surface area contributed by atoms with E-state index in [1.807, 2.05) is 0 Å². The van der Waals surface area contributed by atoms with Crippen molar-refractivity contribution < 1.29 is 59.6 Å². The lowest BCUT2D eigenvalue weighted by atomic mass is 10.1. The summed E-state index contributed by atoms with van der Waals surface area (Å²) < 4.78 is 99.0. The van der Waals surface area contributed by atoms with Gasteiger partial charge in [-0.2, -0.15) is 35.6 Å². The Morgan fingerprint density at radius 3 is 1.77 bits per heavy atom. The number of alkyl halides is 7. The van der Waals surface area contributed by atoms with Crippen molar-refractivity contribution in [1.82, 2.24) is 0 Å². The van der Waals surface area contributed by atoms with Gasteiger partial charge in [0.15, 0.2) is 6.61 Å². The number of halogens is 7. The molecule has 0 heterocycles. The van der Waals surface area contributed by atoms with Gasteiger partial charge in [0.05, 0.1) is 17.7 Å². The van der Waals surface area contributed by atoms with Gasteiger partial charge in [-0.3, -0.25) is 4.89 Å². The molecule has 2 aromatic rings. The maximum Gasteiger partial charge on any atom is 0.459 e. The van der Waals surface area contributed by atoms with Gasteiger partial charge in [0.2, 0.25) is 0 Å². The summed E-state index contributed by atoms with van der Waals surface area (Å²) >= 11 is 0. The highest BCUT2D eigenvalue weighted by atomic mass is 19.4. The first-order valence-electron chi connectivity index (χ1n) is 12.0. The van der Waals surface area contributed by atoms with Crippen LogP contribution in [0.5, 0.6) is 11.5 Å². The predicted octanol–water partition coefficient (Wildman–Crippen LogP) is 7.57. The highest BCUT2D eigenvalue weighted by Gasteiger charge is 2.73. The topological polar surface area (TPSA) is 71.1 Å². The number of hydrogen-bond acceptors (Lipinski definition) is 6. The van der Waals surface area contributed by atoms with Gasteiger partial charge < -0.3 is 9.47 Å². The molecule has 0 aliphatic rings. The van der Waals surface area contributed by atoms with Crippen molar-refractivity contribution in [1.29, 1.82) is 0 Å².